The minimum atomic E-state index is -0.230. The van der Waals surface area contributed by atoms with Crippen LogP contribution in [0.4, 0.5) is 0 Å². The Labute approximate surface area is 92.5 Å². The second-order valence-electron chi connectivity index (χ2n) is 4.09. The lowest BCUT2D eigenvalue weighted by molar-refractivity contribution is 0.919. The molecule has 1 aromatic heterocycles. The van der Waals surface area contributed by atoms with Crippen LogP contribution in [0.2, 0.25) is 5.02 Å². The summed E-state index contributed by atoms with van der Waals surface area (Å²) in [5.74, 6) is 0. The number of aromatic amines is 1. The van der Waals surface area contributed by atoms with E-state index in [0.717, 1.165) is 34.3 Å². The van der Waals surface area contributed by atoms with Crippen LogP contribution in [0.25, 0.3) is 10.9 Å². The topological polar surface area (TPSA) is 39.6 Å². The maximum atomic E-state index is 9.15. The van der Waals surface area contributed by atoms with E-state index in [9.17, 15) is 0 Å². The van der Waals surface area contributed by atoms with Crippen molar-refractivity contribution in [1.29, 1.82) is 5.26 Å². The fraction of sp³-hybridized carbons (Fsp3) is 0.250. The van der Waals surface area contributed by atoms with Gasteiger partial charge in [-0.3, -0.25) is 0 Å². The van der Waals surface area contributed by atoms with Gasteiger partial charge in [-0.25, -0.2) is 0 Å². The second kappa shape index (κ2) is 2.77. The normalized spacial score (nSPS) is 17.6. The maximum Gasteiger partial charge on any atom is 0.0844 e. The summed E-state index contributed by atoms with van der Waals surface area (Å²) >= 11 is 5.91. The lowest BCUT2D eigenvalue weighted by Crippen LogP contribution is -2.00. The average molecular weight is 217 g/mol. The molecule has 0 saturated heterocycles. The van der Waals surface area contributed by atoms with Crippen LogP contribution in [0, 0.1) is 11.3 Å². The number of benzene rings is 1. The van der Waals surface area contributed by atoms with Gasteiger partial charge in [-0.1, -0.05) is 17.7 Å². The van der Waals surface area contributed by atoms with Crippen molar-refractivity contribution in [1.82, 2.24) is 4.98 Å². The van der Waals surface area contributed by atoms with E-state index in [0.29, 0.717) is 0 Å². The third-order valence-corrected chi connectivity index (χ3v) is 3.36. The highest BCUT2D eigenvalue weighted by Crippen LogP contribution is 2.49. The summed E-state index contributed by atoms with van der Waals surface area (Å²) in [6.45, 7) is 0. The summed E-state index contributed by atoms with van der Waals surface area (Å²) in [6.07, 6.45) is 3.88. The standard InChI is InChI=1S/C12H9ClN2/c13-8-1-2-9-10(6-15-11(9)5-8)12(7-14)3-4-12/h1-2,5-6,15H,3-4H2. The van der Waals surface area contributed by atoms with Gasteiger partial charge in [-0.2, -0.15) is 5.26 Å². The molecule has 1 aliphatic rings. The number of fused-ring (bicyclic) bond motifs is 1. The highest BCUT2D eigenvalue weighted by molar-refractivity contribution is 6.31. The zero-order chi connectivity index (χ0) is 10.5. The number of hydrogen-bond donors (Lipinski definition) is 1. The molecule has 0 atom stereocenters. The van der Waals surface area contributed by atoms with Crippen molar-refractivity contribution in [2.24, 2.45) is 0 Å². The molecule has 0 spiro atoms. The molecule has 15 heavy (non-hydrogen) atoms. The van der Waals surface area contributed by atoms with E-state index >= 15 is 0 Å². The third kappa shape index (κ3) is 1.17. The van der Waals surface area contributed by atoms with Crippen molar-refractivity contribution in [3.8, 4) is 6.07 Å². The van der Waals surface area contributed by atoms with Gasteiger partial charge in [-0.05, 0) is 30.5 Å². The minimum absolute atomic E-state index is 0.230. The molecule has 1 saturated carbocycles. The fourth-order valence-electron chi connectivity index (χ4n) is 2.06. The monoisotopic (exact) mass is 216 g/mol. The van der Waals surface area contributed by atoms with E-state index in [1.54, 1.807) is 0 Å². The van der Waals surface area contributed by atoms with Crippen molar-refractivity contribution >= 4 is 22.5 Å². The highest BCUT2D eigenvalue weighted by atomic mass is 35.5. The summed E-state index contributed by atoms with van der Waals surface area (Å²) in [5, 5.41) is 11.0. The van der Waals surface area contributed by atoms with Gasteiger partial charge in [0, 0.05) is 22.1 Å². The first-order valence-electron chi connectivity index (χ1n) is 4.94. The molecular formula is C12H9ClN2. The lowest BCUT2D eigenvalue weighted by Gasteiger charge is -2.02. The summed E-state index contributed by atoms with van der Waals surface area (Å²) in [4.78, 5) is 3.17. The van der Waals surface area contributed by atoms with E-state index in [1.807, 2.05) is 24.4 Å². The van der Waals surface area contributed by atoms with E-state index in [4.69, 9.17) is 16.9 Å². The number of nitriles is 1. The van der Waals surface area contributed by atoms with Gasteiger partial charge in [0.15, 0.2) is 0 Å². The van der Waals surface area contributed by atoms with Gasteiger partial charge in [0.05, 0.1) is 11.5 Å². The number of H-pyrrole nitrogens is 1. The number of rotatable bonds is 1. The van der Waals surface area contributed by atoms with Crippen LogP contribution in [0.3, 0.4) is 0 Å². The Balaban J connectivity index is 2.26. The zero-order valence-corrected chi connectivity index (χ0v) is 8.80. The average Bonchev–Trinajstić information content (AvgIpc) is 2.93. The van der Waals surface area contributed by atoms with Crippen molar-refractivity contribution in [3.05, 3.63) is 35.0 Å². The molecule has 1 aromatic carbocycles. The van der Waals surface area contributed by atoms with Crippen molar-refractivity contribution in [3.63, 3.8) is 0 Å². The Morgan fingerprint density at radius 2 is 2.20 bits per heavy atom. The van der Waals surface area contributed by atoms with Crippen LogP contribution in [-0.4, -0.2) is 4.98 Å². The molecule has 3 heteroatoms. The van der Waals surface area contributed by atoms with Gasteiger partial charge < -0.3 is 4.98 Å². The van der Waals surface area contributed by atoms with Crippen LogP contribution in [0.15, 0.2) is 24.4 Å². The van der Waals surface area contributed by atoms with E-state index in [2.05, 4.69) is 11.1 Å². The Kier molecular flexibility index (Phi) is 1.63. The smallest absolute Gasteiger partial charge is 0.0844 e. The Morgan fingerprint density at radius 1 is 1.40 bits per heavy atom. The number of hydrogen-bond acceptors (Lipinski definition) is 1. The molecule has 3 rings (SSSR count). The molecule has 2 nitrogen and oxygen atoms in total. The highest BCUT2D eigenvalue weighted by Gasteiger charge is 2.46. The van der Waals surface area contributed by atoms with Crippen molar-refractivity contribution < 1.29 is 0 Å². The number of nitrogens with one attached hydrogen (secondary N) is 1. The molecule has 0 radical (unpaired) electrons. The molecule has 1 heterocycles. The molecule has 0 amide bonds. The van der Waals surface area contributed by atoms with E-state index < -0.39 is 0 Å². The third-order valence-electron chi connectivity index (χ3n) is 3.12. The first-order chi connectivity index (χ1) is 7.25. The molecule has 1 fully saturated rings. The first kappa shape index (κ1) is 8.82. The molecule has 2 aromatic rings. The second-order valence-corrected chi connectivity index (χ2v) is 4.52. The lowest BCUT2D eigenvalue weighted by atomic mass is 9.97. The van der Waals surface area contributed by atoms with Gasteiger partial charge >= 0.3 is 0 Å². The largest absolute Gasteiger partial charge is 0.361 e. The van der Waals surface area contributed by atoms with Gasteiger partial charge in [-0.15, -0.1) is 0 Å². The summed E-state index contributed by atoms with van der Waals surface area (Å²) in [5.41, 5.74) is 1.90. The summed E-state index contributed by atoms with van der Waals surface area (Å²) < 4.78 is 0. The summed E-state index contributed by atoms with van der Waals surface area (Å²) in [7, 11) is 0. The molecule has 74 valence electrons. The first-order valence-corrected chi connectivity index (χ1v) is 5.31. The van der Waals surface area contributed by atoms with Crippen LogP contribution < -0.4 is 0 Å². The van der Waals surface area contributed by atoms with Crippen LogP contribution >= 0.6 is 11.6 Å². The maximum absolute atomic E-state index is 9.15. The summed E-state index contributed by atoms with van der Waals surface area (Å²) in [6, 6.07) is 8.16. The molecule has 0 unspecified atom stereocenters. The molecule has 0 bridgehead atoms. The van der Waals surface area contributed by atoms with Gasteiger partial charge in [0.2, 0.25) is 0 Å². The van der Waals surface area contributed by atoms with Crippen LogP contribution in [-0.2, 0) is 5.41 Å². The SMILES string of the molecule is N#CC1(c2c[nH]c3cc(Cl)ccc23)CC1. The number of halogens is 1. The Morgan fingerprint density at radius 3 is 2.87 bits per heavy atom. The van der Waals surface area contributed by atoms with Crippen LogP contribution in [0.1, 0.15) is 18.4 Å². The van der Waals surface area contributed by atoms with Gasteiger partial charge in [0.25, 0.3) is 0 Å². The van der Waals surface area contributed by atoms with Crippen LogP contribution in [0.5, 0.6) is 0 Å². The predicted molar refractivity (Wildman–Crippen MR) is 59.8 cm³/mol. The zero-order valence-electron chi connectivity index (χ0n) is 8.05. The number of nitrogens with zero attached hydrogens (tertiary/aromatic N) is 1. The minimum Gasteiger partial charge on any atom is -0.361 e. The molecule has 1 aliphatic carbocycles. The van der Waals surface area contributed by atoms with E-state index in [1.165, 1.54) is 0 Å². The van der Waals surface area contributed by atoms with E-state index in [-0.39, 0.29) is 5.41 Å². The Bertz CT molecular complexity index is 573. The van der Waals surface area contributed by atoms with Gasteiger partial charge in [0.1, 0.15) is 0 Å². The molecule has 1 N–H and O–H groups in total. The van der Waals surface area contributed by atoms with Crippen molar-refractivity contribution in [2.75, 3.05) is 0 Å². The van der Waals surface area contributed by atoms with Crippen molar-refractivity contribution in [2.45, 2.75) is 18.3 Å². The quantitative estimate of drug-likeness (QED) is 0.780. The molecule has 0 aliphatic heterocycles. The Hall–Kier alpha value is -1.46. The molecular weight excluding hydrogens is 208 g/mol. The fourth-order valence-corrected chi connectivity index (χ4v) is 2.23. The number of aromatic nitrogens is 1. The predicted octanol–water partition coefficient (Wildman–Crippen LogP) is 3.38.